The van der Waals surface area contributed by atoms with Crippen LogP contribution in [0.1, 0.15) is 21.5 Å². The van der Waals surface area contributed by atoms with Gasteiger partial charge >= 0.3 is 5.97 Å². The Bertz CT molecular complexity index is 591. The first-order chi connectivity index (χ1) is 8.56. The third-order valence-electron chi connectivity index (χ3n) is 2.54. The number of carbonyl (C=O) groups excluding carboxylic acids is 1. The molecule has 0 aliphatic heterocycles. The van der Waals surface area contributed by atoms with Gasteiger partial charge in [0.05, 0.1) is 10.0 Å². The van der Waals surface area contributed by atoms with Crippen LogP contribution in [0.5, 0.6) is 5.75 Å². The van der Waals surface area contributed by atoms with E-state index in [-0.39, 0.29) is 5.97 Å². The van der Waals surface area contributed by atoms with Crippen LogP contribution >= 0.6 is 15.9 Å². The van der Waals surface area contributed by atoms with E-state index in [0.717, 1.165) is 15.6 Å². The first-order valence-electron chi connectivity index (χ1n) is 5.61. The van der Waals surface area contributed by atoms with Gasteiger partial charge in [0.1, 0.15) is 5.75 Å². The molecule has 2 nitrogen and oxygen atoms in total. The van der Waals surface area contributed by atoms with E-state index >= 15 is 0 Å². The van der Waals surface area contributed by atoms with Gasteiger partial charge in [-0.2, -0.15) is 0 Å². The lowest BCUT2D eigenvalue weighted by Gasteiger charge is -2.07. The topological polar surface area (TPSA) is 26.3 Å². The number of carbonyl (C=O) groups is 1. The highest BCUT2D eigenvalue weighted by Crippen LogP contribution is 2.26. The second-order valence-electron chi connectivity index (χ2n) is 4.19. The molecule has 0 aromatic heterocycles. The Morgan fingerprint density at radius 1 is 1.06 bits per heavy atom. The van der Waals surface area contributed by atoms with Crippen molar-refractivity contribution >= 4 is 21.9 Å². The third-order valence-corrected chi connectivity index (χ3v) is 3.16. The monoisotopic (exact) mass is 304 g/mol. The van der Waals surface area contributed by atoms with Crippen molar-refractivity contribution in [3.05, 3.63) is 63.6 Å². The van der Waals surface area contributed by atoms with Crippen LogP contribution in [-0.4, -0.2) is 5.97 Å². The maximum absolute atomic E-state index is 12.0. The average Bonchev–Trinajstić information content (AvgIpc) is 2.32. The van der Waals surface area contributed by atoms with Gasteiger partial charge in [0.15, 0.2) is 0 Å². The number of rotatable bonds is 2. The standard InChI is InChI=1S/C15H13BrO2/c1-10-4-3-5-12(8-10)15(17)18-14-7-6-11(2)9-13(14)16/h3-9H,1-2H3. The number of hydrogen-bond donors (Lipinski definition) is 0. The molecule has 92 valence electrons. The van der Waals surface area contributed by atoms with Gasteiger partial charge in [0, 0.05) is 0 Å². The van der Waals surface area contributed by atoms with Crippen molar-refractivity contribution in [1.29, 1.82) is 0 Å². The Kier molecular flexibility index (Phi) is 3.82. The summed E-state index contributed by atoms with van der Waals surface area (Å²) in [5.41, 5.74) is 2.70. The van der Waals surface area contributed by atoms with Crippen molar-refractivity contribution in [2.75, 3.05) is 0 Å². The van der Waals surface area contributed by atoms with Gasteiger partial charge in [-0.3, -0.25) is 0 Å². The molecular formula is C15H13BrO2. The molecule has 18 heavy (non-hydrogen) atoms. The minimum atomic E-state index is -0.344. The number of halogens is 1. The Hall–Kier alpha value is -1.61. The largest absolute Gasteiger partial charge is 0.422 e. The number of ether oxygens (including phenoxy) is 1. The van der Waals surface area contributed by atoms with Crippen molar-refractivity contribution in [1.82, 2.24) is 0 Å². The van der Waals surface area contributed by atoms with E-state index in [1.807, 2.05) is 44.2 Å². The van der Waals surface area contributed by atoms with Gasteiger partial charge in [-0.05, 0) is 59.6 Å². The zero-order valence-corrected chi connectivity index (χ0v) is 11.8. The fourth-order valence-electron chi connectivity index (χ4n) is 1.62. The smallest absolute Gasteiger partial charge is 0.343 e. The summed E-state index contributed by atoms with van der Waals surface area (Å²) in [6, 6.07) is 13.0. The molecule has 0 fully saturated rings. The molecule has 0 radical (unpaired) electrons. The van der Waals surface area contributed by atoms with Crippen LogP contribution < -0.4 is 4.74 Å². The minimum absolute atomic E-state index is 0.344. The SMILES string of the molecule is Cc1cccc(C(=O)Oc2ccc(C)cc2Br)c1. The fraction of sp³-hybridized carbons (Fsp3) is 0.133. The summed E-state index contributed by atoms with van der Waals surface area (Å²) in [6.45, 7) is 3.93. The number of benzene rings is 2. The fourth-order valence-corrected chi connectivity index (χ4v) is 2.19. The molecule has 0 heterocycles. The average molecular weight is 305 g/mol. The molecule has 0 bridgehead atoms. The maximum Gasteiger partial charge on any atom is 0.343 e. The third kappa shape index (κ3) is 2.99. The normalized spacial score (nSPS) is 10.2. The quantitative estimate of drug-likeness (QED) is 0.611. The molecule has 0 spiro atoms. The van der Waals surface area contributed by atoms with E-state index in [2.05, 4.69) is 15.9 Å². The first kappa shape index (κ1) is 12.8. The van der Waals surface area contributed by atoms with Crippen LogP contribution in [0.4, 0.5) is 0 Å². The van der Waals surface area contributed by atoms with Gasteiger partial charge < -0.3 is 4.74 Å². The van der Waals surface area contributed by atoms with Crippen LogP contribution in [0, 0.1) is 13.8 Å². The molecular weight excluding hydrogens is 292 g/mol. The summed E-state index contributed by atoms with van der Waals surface area (Å²) in [7, 11) is 0. The van der Waals surface area contributed by atoms with Crippen LogP contribution in [0.25, 0.3) is 0 Å². The molecule has 2 aromatic rings. The molecule has 0 aliphatic rings. The molecule has 0 saturated heterocycles. The van der Waals surface area contributed by atoms with Crippen molar-refractivity contribution in [3.8, 4) is 5.75 Å². The zero-order valence-electron chi connectivity index (χ0n) is 10.2. The maximum atomic E-state index is 12.0. The Labute approximate surface area is 115 Å². The second-order valence-corrected chi connectivity index (χ2v) is 5.05. The summed E-state index contributed by atoms with van der Waals surface area (Å²) in [4.78, 5) is 12.0. The van der Waals surface area contributed by atoms with Gasteiger partial charge in [-0.1, -0.05) is 23.8 Å². The summed E-state index contributed by atoms with van der Waals surface area (Å²) in [6.07, 6.45) is 0. The summed E-state index contributed by atoms with van der Waals surface area (Å²) < 4.78 is 6.14. The summed E-state index contributed by atoms with van der Waals surface area (Å²) >= 11 is 3.39. The minimum Gasteiger partial charge on any atom is -0.422 e. The van der Waals surface area contributed by atoms with Gasteiger partial charge in [0.2, 0.25) is 0 Å². The number of hydrogen-bond acceptors (Lipinski definition) is 2. The van der Waals surface area contributed by atoms with Gasteiger partial charge in [-0.25, -0.2) is 4.79 Å². The lowest BCUT2D eigenvalue weighted by molar-refractivity contribution is 0.0733. The number of aryl methyl sites for hydroxylation is 2. The highest BCUT2D eigenvalue weighted by molar-refractivity contribution is 9.10. The second kappa shape index (κ2) is 5.36. The predicted octanol–water partition coefficient (Wildman–Crippen LogP) is 4.29. The molecule has 0 unspecified atom stereocenters. The summed E-state index contributed by atoms with van der Waals surface area (Å²) in [5, 5.41) is 0. The van der Waals surface area contributed by atoms with Crippen LogP contribution in [0.15, 0.2) is 46.9 Å². The van der Waals surface area contributed by atoms with E-state index in [4.69, 9.17) is 4.74 Å². The molecule has 3 heteroatoms. The van der Waals surface area contributed by atoms with Crippen LogP contribution in [0.2, 0.25) is 0 Å². The van der Waals surface area contributed by atoms with Crippen molar-refractivity contribution < 1.29 is 9.53 Å². The highest BCUT2D eigenvalue weighted by Gasteiger charge is 2.10. The lowest BCUT2D eigenvalue weighted by atomic mass is 10.1. The molecule has 0 atom stereocenters. The van der Waals surface area contributed by atoms with Gasteiger partial charge in [0.25, 0.3) is 0 Å². The molecule has 2 aromatic carbocycles. The highest BCUT2D eigenvalue weighted by atomic mass is 79.9. The van der Waals surface area contributed by atoms with E-state index in [1.54, 1.807) is 12.1 Å². The van der Waals surface area contributed by atoms with Gasteiger partial charge in [-0.15, -0.1) is 0 Å². The Morgan fingerprint density at radius 3 is 2.44 bits per heavy atom. The number of esters is 1. The summed E-state index contributed by atoms with van der Waals surface area (Å²) in [5.74, 6) is 0.190. The molecule has 0 saturated carbocycles. The van der Waals surface area contributed by atoms with E-state index in [1.165, 1.54) is 0 Å². The molecule has 0 aliphatic carbocycles. The first-order valence-corrected chi connectivity index (χ1v) is 6.40. The van der Waals surface area contributed by atoms with Crippen LogP contribution in [0.3, 0.4) is 0 Å². The molecule has 0 N–H and O–H groups in total. The predicted molar refractivity (Wildman–Crippen MR) is 75.0 cm³/mol. The zero-order chi connectivity index (χ0) is 13.1. The molecule has 0 amide bonds. The van der Waals surface area contributed by atoms with E-state index < -0.39 is 0 Å². The van der Waals surface area contributed by atoms with Crippen molar-refractivity contribution in [2.24, 2.45) is 0 Å². The van der Waals surface area contributed by atoms with Crippen molar-refractivity contribution in [2.45, 2.75) is 13.8 Å². The molecule has 2 rings (SSSR count). The van der Waals surface area contributed by atoms with E-state index in [0.29, 0.717) is 11.3 Å². The Morgan fingerprint density at radius 2 is 1.78 bits per heavy atom. The lowest BCUT2D eigenvalue weighted by Crippen LogP contribution is -2.08. The van der Waals surface area contributed by atoms with Crippen molar-refractivity contribution in [3.63, 3.8) is 0 Å². The Balaban J connectivity index is 2.21. The van der Waals surface area contributed by atoms with Crippen LogP contribution in [-0.2, 0) is 0 Å². The van der Waals surface area contributed by atoms with E-state index in [9.17, 15) is 4.79 Å².